The molecule has 1 unspecified atom stereocenters. The number of terminal acetylenes is 1. The lowest BCUT2D eigenvalue weighted by Crippen LogP contribution is -2.40. The van der Waals surface area contributed by atoms with Gasteiger partial charge in [-0.25, -0.2) is 0 Å². The highest BCUT2D eigenvalue weighted by atomic mass is 32.2. The van der Waals surface area contributed by atoms with Crippen LogP contribution in [0.25, 0.3) is 0 Å². The number of allylic oxidation sites excluding steroid dienone is 1. The molecule has 152 valence electrons. The molecule has 0 aromatic carbocycles. The number of carbonyl (C=O) groups excluding carboxylic acids is 1. The SMILES string of the molecule is C#CCN(CCOC)CC1=CCC(C)(SC(C)(C)C(=O)OC(C)(C)C)C=C1. The molecular formula is C22H35NO3S. The molecule has 0 heterocycles. The lowest BCUT2D eigenvalue weighted by atomic mass is 9.97. The fraction of sp³-hybridized carbons (Fsp3) is 0.682. The van der Waals surface area contributed by atoms with Gasteiger partial charge in [-0.3, -0.25) is 9.69 Å². The molecule has 4 nitrogen and oxygen atoms in total. The topological polar surface area (TPSA) is 38.8 Å². The van der Waals surface area contributed by atoms with Gasteiger partial charge < -0.3 is 9.47 Å². The molecule has 0 aliphatic heterocycles. The number of rotatable bonds is 9. The van der Waals surface area contributed by atoms with E-state index in [2.05, 4.69) is 36.0 Å². The summed E-state index contributed by atoms with van der Waals surface area (Å²) in [5.41, 5.74) is 0.767. The predicted octanol–water partition coefficient (Wildman–Crippen LogP) is 4.07. The first kappa shape index (κ1) is 23.8. The van der Waals surface area contributed by atoms with Gasteiger partial charge in [-0.1, -0.05) is 24.1 Å². The van der Waals surface area contributed by atoms with Crippen molar-refractivity contribution in [2.24, 2.45) is 0 Å². The molecule has 1 aliphatic rings. The second-order valence-corrected chi connectivity index (χ2v) is 10.8. The highest BCUT2D eigenvalue weighted by molar-refractivity contribution is 8.02. The standard InChI is InChI=1S/C22H35NO3S/c1-9-14-23(15-16-25-8)17-18-10-12-22(7,13-11-18)27-21(5,6)19(24)26-20(2,3)4/h1,10-12H,13-17H2,2-8H3. The van der Waals surface area contributed by atoms with E-state index < -0.39 is 10.3 Å². The Morgan fingerprint density at radius 1 is 1.37 bits per heavy atom. The van der Waals surface area contributed by atoms with Gasteiger partial charge >= 0.3 is 5.97 Å². The average molecular weight is 394 g/mol. The van der Waals surface area contributed by atoms with E-state index in [-0.39, 0.29) is 10.7 Å². The smallest absolute Gasteiger partial charge is 0.322 e. The average Bonchev–Trinajstić information content (AvgIpc) is 2.53. The van der Waals surface area contributed by atoms with Crippen molar-refractivity contribution in [2.45, 2.75) is 63.1 Å². The van der Waals surface area contributed by atoms with Gasteiger partial charge in [-0.15, -0.1) is 18.2 Å². The molecule has 0 bridgehead atoms. The third-order valence-corrected chi connectivity index (χ3v) is 5.58. The van der Waals surface area contributed by atoms with E-state index in [9.17, 15) is 4.79 Å². The number of methoxy groups -OCH3 is 1. The van der Waals surface area contributed by atoms with Crippen LogP contribution >= 0.6 is 11.8 Å². The van der Waals surface area contributed by atoms with Crippen molar-refractivity contribution in [3.8, 4) is 12.3 Å². The van der Waals surface area contributed by atoms with Crippen LogP contribution in [0.1, 0.15) is 48.0 Å². The van der Waals surface area contributed by atoms with Crippen LogP contribution < -0.4 is 0 Å². The molecule has 0 N–H and O–H groups in total. The summed E-state index contributed by atoms with van der Waals surface area (Å²) in [4.78, 5) is 14.8. The van der Waals surface area contributed by atoms with Crippen molar-refractivity contribution < 1.29 is 14.3 Å². The quantitative estimate of drug-likeness (QED) is 0.436. The van der Waals surface area contributed by atoms with E-state index in [1.165, 1.54) is 5.57 Å². The van der Waals surface area contributed by atoms with Crippen molar-refractivity contribution in [1.82, 2.24) is 4.90 Å². The Morgan fingerprint density at radius 3 is 2.52 bits per heavy atom. The molecule has 1 atom stereocenters. The molecule has 0 saturated heterocycles. The Kier molecular flexibility index (Phi) is 8.66. The van der Waals surface area contributed by atoms with Crippen molar-refractivity contribution in [2.75, 3.05) is 33.4 Å². The number of thioether (sulfide) groups is 1. The molecule has 0 fully saturated rings. The summed E-state index contributed by atoms with van der Waals surface area (Å²) in [7, 11) is 1.70. The number of carbonyl (C=O) groups is 1. The van der Waals surface area contributed by atoms with Crippen LogP contribution in [0.4, 0.5) is 0 Å². The highest BCUT2D eigenvalue weighted by Gasteiger charge is 2.39. The van der Waals surface area contributed by atoms with Crippen molar-refractivity contribution >= 4 is 17.7 Å². The molecular weight excluding hydrogens is 358 g/mol. The number of hydrogen-bond acceptors (Lipinski definition) is 5. The van der Waals surface area contributed by atoms with Gasteiger partial charge in [-0.2, -0.15) is 0 Å². The normalized spacial score (nSPS) is 20.3. The first-order valence-corrected chi connectivity index (χ1v) is 10.2. The Labute approximate surface area is 169 Å². The fourth-order valence-corrected chi connectivity index (χ4v) is 4.39. The summed E-state index contributed by atoms with van der Waals surface area (Å²) >= 11 is 1.65. The summed E-state index contributed by atoms with van der Waals surface area (Å²) in [6.07, 6.45) is 12.9. The summed E-state index contributed by atoms with van der Waals surface area (Å²) in [5, 5.41) is 0. The van der Waals surface area contributed by atoms with Gasteiger partial charge in [0.05, 0.1) is 13.2 Å². The molecule has 0 spiro atoms. The van der Waals surface area contributed by atoms with Crippen molar-refractivity contribution in [3.05, 3.63) is 23.8 Å². The lowest BCUT2D eigenvalue weighted by molar-refractivity contribution is -0.156. The molecule has 0 radical (unpaired) electrons. The molecule has 27 heavy (non-hydrogen) atoms. The van der Waals surface area contributed by atoms with E-state index in [1.807, 2.05) is 34.6 Å². The van der Waals surface area contributed by atoms with Crippen LogP contribution in [0.2, 0.25) is 0 Å². The maximum Gasteiger partial charge on any atom is 0.322 e. The van der Waals surface area contributed by atoms with Crippen LogP contribution in [0.3, 0.4) is 0 Å². The minimum atomic E-state index is -0.619. The number of ether oxygens (including phenoxy) is 2. The monoisotopic (exact) mass is 393 g/mol. The molecule has 1 aliphatic carbocycles. The predicted molar refractivity (Wildman–Crippen MR) is 115 cm³/mol. The fourth-order valence-electron chi connectivity index (χ4n) is 2.79. The van der Waals surface area contributed by atoms with E-state index in [4.69, 9.17) is 15.9 Å². The zero-order valence-electron chi connectivity index (χ0n) is 17.9. The zero-order chi connectivity index (χ0) is 20.7. The maximum atomic E-state index is 12.6. The first-order valence-electron chi connectivity index (χ1n) is 9.37. The van der Waals surface area contributed by atoms with Crippen LogP contribution in [-0.2, 0) is 14.3 Å². The van der Waals surface area contributed by atoms with Gasteiger partial charge in [0, 0.05) is 24.9 Å². The highest BCUT2D eigenvalue weighted by Crippen LogP contribution is 2.43. The van der Waals surface area contributed by atoms with Gasteiger partial charge in [0.1, 0.15) is 10.3 Å². The number of nitrogens with zero attached hydrogens (tertiary/aromatic N) is 1. The van der Waals surface area contributed by atoms with Gasteiger partial charge in [0.25, 0.3) is 0 Å². The molecule has 0 saturated carbocycles. The molecule has 0 amide bonds. The largest absolute Gasteiger partial charge is 0.459 e. The Morgan fingerprint density at radius 2 is 2.04 bits per heavy atom. The van der Waals surface area contributed by atoms with E-state index >= 15 is 0 Å². The molecule has 0 aromatic heterocycles. The van der Waals surface area contributed by atoms with Crippen LogP contribution in [0, 0.1) is 12.3 Å². The minimum absolute atomic E-state index is 0.145. The third kappa shape index (κ3) is 8.55. The number of esters is 1. The third-order valence-electron chi connectivity index (χ3n) is 4.13. The van der Waals surface area contributed by atoms with Crippen molar-refractivity contribution in [3.63, 3.8) is 0 Å². The summed E-state index contributed by atoms with van der Waals surface area (Å²) in [5.74, 6) is 2.53. The van der Waals surface area contributed by atoms with Crippen molar-refractivity contribution in [1.29, 1.82) is 0 Å². The Hall–Kier alpha value is -1.22. The first-order chi connectivity index (χ1) is 12.4. The lowest BCUT2D eigenvalue weighted by Gasteiger charge is -2.36. The van der Waals surface area contributed by atoms with E-state index in [0.29, 0.717) is 13.2 Å². The van der Waals surface area contributed by atoms with Crippen LogP contribution in [0.5, 0.6) is 0 Å². The summed E-state index contributed by atoms with van der Waals surface area (Å²) in [6, 6.07) is 0. The van der Waals surface area contributed by atoms with E-state index in [1.54, 1.807) is 18.9 Å². The molecule has 5 heteroatoms. The van der Waals surface area contributed by atoms with Gasteiger partial charge in [-0.05, 0) is 53.5 Å². The van der Waals surface area contributed by atoms with E-state index in [0.717, 1.165) is 19.5 Å². The summed E-state index contributed by atoms with van der Waals surface area (Å²) < 4.78 is 9.98. The second-order valence-electron chi connectivity index (χ2n) is 8.65. The zero-order valence-corrected chi connectivity index (χ0v) is 18.7. The number of hydrogen-bond donors (Lipinski definition) is 0. The summed E-state index contributed by atoms with van der Waals surface area (Å²) in [6.45, 7) is 14.6. The molecule has 1 rings (SSSR count). The maximum absolute atomic E-state index is 12.6. The minimum Gasteiger partial charge on any atom is -0.459 e. The molecule has 0 aromatic rings. The Bertz CT molecular complexity index is 610. The van der Waals surface area contributed by atoms with Crippen LogP contribution in [0.15, 0.2) is 23.8 Å². The van der Waals surface area contributed by atoms with Gasteiger partial charge in [0.15, 0.2) is 0 Å². The second kappa shape index (κ2) is 9.82. The van der Waals surface area contributed by atoms with Crippen LogP contribution in [-0.4, -0.2) is 59.3 Å². The van der Waals surface area contributed by atoms with Gasteiger partial charge in [0.2, 0.25) is 0 Å². The Balaban J connectivity index is 2.71.